The Hall–Kier alpha value is -0.960. The van der Waals surface area contributed by atoms with E-state index in [1.54, 1.807) is 6.92 Å². The fourth-order valence-corrected chi connectivity index (χ4v) is 4.22. The monoisotopic (exact) mass is 339 g/mol. The van der Waals surface area contributed by atoms with Crippen molar-refractivity contribution in [2.45, 2.75) is 17.9 Å². The molecular formula is C11H14ClNO5S2. The van der Waals surface area contributed by atoms with Gasteiger partial charge in [-0.2, -0.15) is 0 Å². The molecule has 0 aliphatic heterocycles. The van der Waals surface area contributed by atoms with E-state index in [1.165, 1.54) is 18.4 Å². The van der Waals surface area contributed by atoms with Crippen LogP contribution in [0.4, 0.5) is 0 Å². The summed E-state index contributed by atoms with van der Waals surface area (Å²) in [7, 11) is -5.13. The number of sulfonamides is 1. The van der Waals surface area contributed by atoms with Crippen LogP contribution < -0.4 is 4.72 Å². The standard InChI is InChI=1S/C11H14ClNO5S2/c1-7(6-19(2)16)13-20(17,18)10-5-8(11(14)15)3-4-9(10)12/h3-5,7,13H,6H2,1-2H3,(H,14,15). The van der Waals surface area contributed by atoms with Crippen molar-refractivity contribution in [3.63, 3.8) is 0 Å². The minimum atomic E-state index is -3.97. The molecule has 2 N–H and O–H groups in total. The van der Waals surface area contributed by atoms with Gasteiger partial charge in [-0.3, -0.25) is 4.21 Å². The van der Waals surface area contributed by atoms with E-state index >= 15 is 0 Å². The normalized spacial score (nSPS) is 14.8. The molecule has 0 heterocycles. The van der Waals surface area contributed by atoms with Gasteiger partial charge in [0.25, 0.3) is 0 Å². The van der Waals surface area contributed by atoms with Gasteiger partial charge in [0.2, 0.25) is 10.0 Å². The fraction of sp³-hybridized carbons (Fsp3) is 0.364. The van der Waals surface area contributed by atoms with Crippen LogP contribution in [0.5, 0.6) is 0 Å². The van der Waals surface area contributed by atoms with Gasteiger partial charge >= 0.3 is 5.97 Å². The Balaban J connectivity index is 3.12. The van der Waals surface area contributed by atoms with Crippen molar-refractivity contribution in [2.75, 3.05) is 12.0 Å². The lowest BCUT2D eigenvalue weighted by Crippen LogP contribution is -2.36. The maximum absolute atomic E-state index is 12.1. The van der Waals surface area contributed by atoms with Crippen molar-refractivity contribution in [3.05, 3.63) is 28.8 Å². The first-order valence-corrected chi connectivity index (χ1v) is 9.07. The van der Waals surface area contributed by atoms with Crippen LogP contribution in [-0.4, -0.2) is 41.8 Å². The van der Waals surface area contributed by atoms with Gasteiger partial charge in [-0.05, 0) is 25.1 Å². The predicted molar refractivity (Wildman–Crippen MR) is 77.1 cm³/mol. The van der Waals surface area contributed by atoms with Crippen LogP contribution in [0, 0.1) is 0 Å². The van der Waals surface area contributed by atoms with E-state index in [4.69, 9.17) is 16.7 Å². The number of benzene rings is 1. The van der Waals surface area contributed by atoms with Gasteiger partial charge in [0, 0.05) is 28.9 Å². The van der Waals surface area contributed by atoms with E-state index in [0.29, 0.717) is 0 Å². The molecule has 20 heavy (non-hydrogen) atoms. The van der Waals surface area contributed by atoms with Crippen molar-refractivity contribution in [1.29, 1.82) is 0 Å². The first-order valence-electron chi connectivity index (χ1n) is 5.48. The molecular weight excluding hydrogens is 326 g/mol. The summed E-state index contributed by atoms with van der Waals surface area (Å²) in [4.78, 5) is 10.5. The van der Waals surface area contributed by atoms with Crippen LogP contribution in [0.2, 0.25) is 5.02 Å². The molecule has 1 aromatic rings. The number of nitrogens with one attached hydrogen (secondary N) is 1. The molecule has 1 rings (SSSR count). The summed E-state index contributed by atoms with van der Waals surface area (Å²) in [6.07, 6.45) is 1.46. The number of rotatable bonds is 6. The average Bonchev–Trinajstić information content (AvgIpc) is 2.26. The number of hydrogen-bond donors (Lipinski definition) is 2. The molecule has 0 aliphatic carbocycles. The third-order valence-electron chi connectivity index (χ3n) is 2.31. The van der Waals surface area contributed by atoms with Crippen molar-refractivity contribution in [2.24, 2.45) is 0 Å². The molecule has 0 spiro atoms. The summed E-state index contributed by atoms with van der Waals surface area (Å²) < 4.78 is 37.6. The maximum Gasteiger partial charge on any atom is 0.335 e. The van der Waals surface area contributed by atoms with Gasteiger partial charge in [0.15, 0.2) is 0 Å². The number of halogens is 1. The zero-order valence-electron chi connectivity index (χ0n) is 10.8. The van der Waals surface area contributed by atoms with Crippen LogP contribution in [0.25, 0.3) is 0 Å². The molecule has 0 saturated carbocycles. The third-order valence-corrected chi connectivity index (χ3v) is 5.35. The van der Waals surface area contributed by atoms with Gasteiger partial charge < -0.3 is 5.11 Å². The van der Waals surface area contributed by atoms with Gasteiger partial charge in [0.1, 0.15) is 4.90 Å². The molecule has 0 fully saturated rings. The molecule has 1 aromatic carbocycles. The second-order valence-electron chi connectivity index (χ2n) is 4.21. The minimum absolute atomic E-state index is 0.0766. The third kappa shape index (κ3) is 4.55. The molecule has 2 unspecified atom stereocenters. The summed E-state index contributed by atoms with van der Waals surface area (Å²) in [5, 5.41) is 8.79. The molecule has 0 amide bonds. The van der Waals surface area contributed by atoms with Crippen LogP contribution in [0.15, 0.2) is 23.1 Å². The number of carboxylic acids is 1. The second kappa shape index (κ2) is 6.66. The highest BCUT2D eigenvalue weighted by atomic mass is 35.5. The Morgan fingerprint density at radius 3 is 2.60 bits per heavy atom. The van der Waals surface area contributed by atoms with Gasteiger partial charge in [0.05, 0.1) is 10.6 Å². The molecule has 0 aliphatic rings. The quantitative estimate of drug-likeness (QED) is 0.807. The summed E-state index contributed by atoms with van der Waals surface area (Å²) in [5.41, 5.74) is -0.179. The van der Waals surface area contributed by atoms with E-state index in [1.807, 2.05) is 0 Å². The zero-order chi connectivity index (χ0) is 15.5. The molecule has 0 saturated heterocycles. The number of hydrogen-bond acceptors (Lipinski definition) is 4. The zero-order valence-corrected chi connectivity index (χ0v) is 13.2. The summed E-state index contributed by atoms with van der Waals surface area (Å²) in [6.45, 7) is 1.56. The van der Waals surface area contributed by atoms with Crippen LogP contribution in [-0.2, 0) is 20.8 Å². The summed E-state index contributed by atoms with van der Waals surface area (Å²) >= 11 is 5.80. The molecule has 6 nitrogen and oxygen atoms in total. The summed E-state index contributed by atoms with van der Waals surface area (Å²) in [6, 6.07) is 2.86. The lowest BCUT2D eigenvalue weighted by atomic mass is 10.2. The first-order chi connectivity index (χ1) is 9.13. The average molecular weight is 340 g/mol. The smallest absolute Gasteiger partial charge is 0.335 e. The Bertz CT molecular complexity index is 644. The Morgan fingerprint density at radius 2 is 2.10 bits per heavy atom. The van der Waals surface area contributed by atoms with Crippen LogP contribution in [0.1, 0.15) is 17.3 Å². The van der Waals surface area contributed by atoms with Crippen LogP contribution in [0.3, 0.4) is 0 Å². The number of carboxylic acid groups (broad SMARTS) is 1. The topological polar surface area (TPSA) is 101 Å². The minimum Gasteiger partial charge on any atom is -0.478 e. The van der Waals surface area contributed by atoms with E-state index in [2.05, 4.69) is 4.72 Å². The van der Waals surface area contributed by atoms with Gasteiger partial charge in [-0.25, -0.2) is 17.9 Å². The lowest BCUT2D eigenvalue weighted by Gasteiger charge is -2.14. The lowest BCUT2D eigenvalue weighted by molar-refractivity contribution is 0.0696. The van der Waals surface area contributed by atoms with E-state index < -0.39 is 32.8 Å². The highest BCUT2D eigenvalue weighted by Crippen LogP contribution is 2.23. The second-order valence-corrected chi connectivity index (χ2v) is 7.78. The fourth-order valence-electron chi connectivity index (χ4n) is 1.56. The predicted octanol–water partition coefficient (Wildman–Crippen LogP) is 1.08. The largest absolute Gasteiger partial charge is 0.478 e. The number of aromatic carboxylic acids is 1. The molecule has 2 atom stereocenters. The van der Waals surface area contributed by atoms with E-state index in [9.17, 15) is 17.4 Å². The highest BCUT2D eigenvalue weighted by molar-refractivity contribution is 7.89. The van der Waals surface area contributed by atoms with Crippen molar-refractivity contribution in [1.82, 2.24) is 4.72 Å². The van der Waals surface area contributed by atoms with Crippen molar-refractivity contribution in [3.8, 4) is 0 Å². The molecule has 0 aromatic heterocycles. The Morgan fingerprint density at radius 1 is 1.50 bits per heavy atom. The van der Waals surface area contributed by atoms with E-state index in [-0.39, 0.29) is 21.2 Å². The van der Waals surface area contributed by atoms with E-state index in [0.717, 1.165) is 6.07 Å². The van der Waals surface area contributed by atoms with Crippen molar-refractivity contribution >= 4 is 38.4 Å². The molecule has 9 heteroatoms. The summed E-state index contributed by atoms with van der Waals surface area (Å²) in [5.74, 6) is -1.10. The number of carbonyl (C=O) groups is 1. The van der Waals surface area contributed by atoms with Gasteiger partial charge in [-0.15, -0.1) is 0 Å². The Kier molecular flexibility index (Phi) is 5.69. The SMILES string of the molecule is CC(CS(C)=O)NS(=O)(=O)c1cc(C(=O)O)ccc1Cl. The van der Waals surface area contributed by atoms with Crippen LogP contribution >= 0.6 is 11.6 Å². The molecule has 0 bridgehead atoms. The maximum atomic E-state index is 12.1. The van der Waals surface area contributed by atoms with Gasteiger partial charge in [-0.1, -0.05) is 11.6 Å². The first kappa shape index (κ1) is 17.1. The van der Waals surface area contributed by atoms with Crippen molar-refractivity contribution < 1.29 is 22.5 Å². The molecule has 112 valence electrons. The Labute approximate surface area is 124 Å². The highest BCUT2D eigenvalue weighted by Gasteiger charge is 2.22. The molecule has 0 radical (unpaired) electrons.